The van der Waals surface area contributed by atoms with Crippen LogP contribution in [0.5, 0.6) is 0 Å². The van der Waals surface area contributed by atoms with E-state index in [4.69, 9.17) is 18.0 Å². The largest absolute Gasteiger partial charge is 0.389 e. The van der Waals surface area contributed by atoms with Crippen LogP contribution in [0.4, 0.5) is 5.69 Å². The highest BCUT2D eigenvalue weighted by atomic mass is 32.1. The van der Waals surface area contributed by atoms with Crippen molar-refractivity contribution in [3.8, 4) is 0 Å². The summed E-state index contributed by atoms with van der Waals surface area (Å²) in [6.45, 7) is 2.56. The second-order valence-corrected chi connectivity index (χ2v) is 4.75. The molecule has 5 heteroatoms. The van der Waals surface area contributed by atoms with E-state index in [-0.39, 0.29) is 11.8 Å². The van der Waals surface area contributed by atoms with E-state index in [2.05, 4.69) is 5.32 Å². The van der Waals surface area contributed by atoms with Crippen molar-refractivity contribution in [2.45, 2.75) is 6.92 Å². The number of rotatable bonds is 5. The number of nitrogens with two attached hydrogens (primary N) is 1. The van der Waals surface area contributed by atoms with Crippen molar-refractivity contribution < 1.29 is 4.79 Å². The molecule has 0 aliphatic heterocycles. The summed E-state index contributed by atoms with van der Waals surface area (Å²) in [5, 5.41) is 2.65. The summed E-state index contributed by atoms with van der Waals surface area (Å²) >= 11 is 4.90. The van der Waals surface area contributed by atoms with Gasteiger partial charge in [-0.05, 0) is 24.3 Å². The summed E-state index contributed by atoms with van der Waals surface area (Å²) in [6, 6.07) is 7.67. The van der Waals surface area contributed by atoms with E-state index in [1.54, 1.807) is 7.05 Å². The second-order valence-electron chi connectivity index (χ2n) is 4.31. The van der Waals surface area contributed by atoms with Gasteiger partial charge in [0.05, 0.1) is 5.92 Å². The number of amides is 1. The van der Waals surface area contributed by atoms with Gasteiger partial charge in [0.25, 0.3) is 0 Å². The Morgan fingerprint density at radius 2 is 2.00 bits per heavy atom. The van der Waals surface area contributed by atoms with Crippen molar-refractivity contribution >= 4 is 28.8 Å². The van der Waals surface area contributed by atoms with Gasteiger partial charge < -0.3 is 16.0 Å². The van der Waals surface area contributed by atoms with Gasteiger partial charge in [0.15, 0.2) is 0 Å². The quantitative estimate of drug-likeness (QED) is 0.784. The molecule has 3 N–H and O–H groups in total. The number of benzene rings is 1. The van der Waals surface area contributed by atoms with Crippen LogP contribution in [0.2, 0.25) is 0 Å². The predicted octanol–water partition coefficient (Wildman–Crippen LogP) is 1.14. The Morgan fingerprint density at radius 3 is 2.44 bits per heavy atom. The lowest BCUT2D eigenvalue weighted by molar-refractivity contribution is -0.123. The normalized spacial score (nSPS) is 11.7. The molecule has 18 heavy (non-hydrogen) atoms. The molecule has 1 aromatic carbocycles. The van der Waals surface area contributed by atoms with E-state index in [0.29, 0.717) is 11.5 Å². The first-order valence-electron chi connectivity index (χ1n) is 5.78. The van der Waals surface area contributed by atoms with E-state index >= 15 is 0 Å². The first kappa shape index (κ1) is 14.4. The van der Waals surface area contributed by atoms with E-state index in [9.17, 15) is 4.79 Å². The highest BCUT2D eigenvalue weighted by Crippen LogP contribution is 2.15. The van der Waals surface area contributed by atoms with Crippen LogP contribution in [-0.4, -0.2) is 31.5 Å². The minimum atomic E-state index is -0.0599. The highest BCUT2D eigenvalue weighted by Gasteiger charge is 2.13. The van der Waals surface area contributed by atoms with E-state index in [1.165, 1.54) is 0 Å². The third-order valence-electron chi connectivity index (χ3n) is 2.83. The molecule has 1 rings (SSSR count). The minimum absolute atomic E-state index is 0.0432. The fraction of sp³-hybridized carbons (Fsp3) is 0.385. The molecule has 0 aliphatic rings. The fourth-order valence-corrected chi connectivity index (χ4v) is 1.86. The van der Waals surface area contributed by atoms with Crippen LogP contribution in [0, 0.1) is 5.92 Å². The number of thiocarbonyl (C=S) groups is 1. The molecule has 0 aliphatic carbocycles. The van der Waals surface area contributed by atoms with E-state index in [1.807, 2.05) is 43.1 Å². The van der Waals surface area contributed by atoms with Gasteiger partial charge >= 0.3 is 0 Å². The van der Waals surface area contributed by atoms with Crippen molar-refractivity contribution in [1.82, 2.24) is 5.32 Å². The summed E-state index contributed by atoms with van der Waals surface area (Å²) in [4.78, 5) is 13.9. The summed E-state index contributed by atoms with van der Waals surface area (Å²) in [5.41, 5.74) is 7.43. The molecule has 0 bridgehead atoms. The van der Waals surface area contributed by atoms with E-state index in [0.717, 1.165) is 11.3 Å². The zero-order valence-electron chi connectivity index (χ0n) is 10.9. The number of nitrogens with one attached hydrogen (secondary N) is 1. The van der Waals surface area contributed by atoms with Crippen molar-refractivity contribution in [3.05, 3.63) is 29.8 Å². The number of anilines is 1. The SMILES string of the molecule is CNC(=O)C(C)CN(C)c1ccc(C(N)=S)cc1. The molecule has 0 spiro atoms. The van der Waals surface area contributed by atoms with Crippen LogP contribution in [0.15, 0.2) is 24.3 Å². The lowest BCUT2D eigenvalue weighted by Crippen LogP contribution is -2.34. The average Bonchev–Trinajstić information content (AvgIpc) is 2.37. The fourth-order valence-electron chi connectivity index (χ4n) is 1.73. The van der Waals surface area contributed by atoms with Crippen molar-refractivity contribution in [2.75, 3.05) is 25.5 Å². The number of hydrogen-bond acceptors (Lipinski definition) is 3. The molecule has 0 radical (unpaired) electrons. The van der Waals surface area contributed by atoms with Crippen LogP contribution in [-0.2, 0) is 4.79 Å². The number of hydrogen-bond donors (Lipinski definition) is 2. The zero-order chi connectivity index (χ0) is 13.7. The monoisotopic (exact) mass is 265 g/mol. The maximum absolute atomic E-state index is 11.5. The summed E-state index contributed by atoms with van der Waals surface area (Å²) in [6.07, 6.45) is 0. The molecule has 1 aromatic rings. The van der Waals surface area contributed by atoms with E-state index < -0.39 is 0 Å². The van der Waals surface area contributed by atoms with Gasteiger partial charge in [-0.25, -0.2) is 0 Å². The first-order chi connectivity index (χ1) is 8.45. The van der Waals surface area contributed by atoms with Crippen molar-refractivity contribution in [2.24, 2.45) is 11.7 Å². The molecule has 1 atom stereocenters. The minimum Gasteiger partial charge on any atom is -0.389 e. The molecule has 0 heterocycles. The first-order valence-corrected chi connectivity index (χ1v) is 6.19. The Labute approximate surface area is 113 Å². The number of nitrogens with zero attached hydrogens (tertiary/aromatic N) is 1. The smallest absolute Gasteiger partial charge is 0.224 e. The molecule has 0 fully saturated rings. The van der Waals surface area contributed by atoms with Crippen LogP contribution < -0.4 is 16.0 Å². The average molecular weight is 265 g/mol. The highest BCUT2D eigenvalue weighted by molar-refractivity contribution is 7.80. The topological polar surface area (TPSA) is 58.4 Å². The second kappa shape index (κ2) is 6.35. The molecule has 0 saturated carbocycles. The Hall–Kier alpha value is -1.62. The Balaban J connectivity index is 2.69. The maximum Gasteiger partial charge on any atom is 0.224 e. The van der Waals surface area contributed by atoms with Crippen LogP contribution in [0.3, 0.4) is 0 Å². The van der Waals surface area contributed by atoms with Crippen LogP contribution >= 0.6 is 12.2 Å². The van der Waals surface area contributed by atoms with Crippen LogP contribution in [0.25, 0.3) is 0 Å². The predicted molar refractivity (Wildman–Crippen MR) is 78.8 cm³/mol. The molecule has 98 valence electrons. The zero-order valence-corrected chi connectivity index (χ0v) is 11.8. The Kier molecular flexibility index (Phi) is 5.09. The van der Waals surface area contributed by atoms with Crippen LogP contribution in [0.1, 0.15) is 12.5 Å². The Morgan fingerprint density at radius 1 is 1.44 bits per heavy atom. The van der Waals surface area contributed by atoms with Gasteiger partial charge in [0, 0.05) is 31.9 Å². The lowest BCUT2D eigenvalue weighted by atomic mass is 10.1. The summed E-state index contributed by atoms with van der Waals surface area (Å²) < 4.78 is 0. The van der Waals surface area contributed by atoms with Gasteiger partial charge in [0.1, 0.15) is 4.99 Å². The molecule has 1 unspecified atom stereocenters. The third kappa shape index (κ3) is 3.70. The lowest BCUT2D eigenvalue weighted by Gasteiger charge is -2.22. The summed E-state index contributed by atoms with van der Waals surface area (Å²) in [5.74, 6) is -0.0168. The maximum atomic E-state index is 11.5. The van der Waals surface area contributed by atoms with Gasteiger partial charge in [-0.3, -0.25) is 4.79 Å². The molecule has 1 amide bonds. The molecular weight excluding hydrogens is 246 g/mol. The Bertz CT molecular complexity index is 430. The summed E-state index contributed by atoms with van der Waals surface area (Å²) in [7, 11) is 3.60. The van der Waals surface area contributed by atoms with Gasteiger partial charge in [-0.2, -0.15) is 0 Å². The number of carbonyl (C=O) groups excluding carboxylic acids is 1. The molecular formula is C13H19N3OS. The molecule has 0 aromatic heterocycles. The van der Waals surface area contributed by atoms with Crippen molar-refractivity contribution in [1.29, 1.82) is 0 Å². The van der Waals surface area contributed by atoms with Gasteiger partial charge in [-0.15, -0.1) is 0 Å². The molecule has 4 nitrogen and oxygen atoms in total. The van der Waals surface area contributed by atoms with Gasteiger partial charge in [-0.1, -0.05) is 19.1 Å². The van der Waals surface area contributed by atoms with Crippen molar-refractivity contribution in [3.63, 3.8) is 0 Å². The third-order valence-corrected chi connectivity index (χ3v) is 3.07. The number of carbonyl (C=O) groups is 1. The standard InChI is InChI=1S/C13H19N3OS/c1-9(13(17)15-2)8-16(3)11-6-4-10(5-7-11)12(14)18/h4-7,9H,8H2,1-3H3,(H2,14,18)(H,15,17). The van der Waals surface area contributed by atoms with Gasteiger partial charge in [0.2, 0.25) is 5.91 Å². The molecule has 0 saturated heterocycles.